The number of hydrogen-bond acceptors (Lipinski definition) is 5. The highest BCUT2D eigenvalue weighted by Crippen LogP contribution is 2.18. The molecule has 3 aromatic rings. The fourth-order valence-electron chi connectivity index (χ4n) is 2.39. The maximum Gasteiger partial charge on any atom is 0.325 e. The molecule has 1 aromatic heterocycles. The lowest BCUT2D eigenvalue weighted by Crippen LogP contribution is -2.20. The van der Waals surface area contributed by atoms with Crippen molar-refractivity contribution in [1.29, 1.82) is 0 Å². The zero-order valence-corrected chi connectivity index (χ0v) is 15.5. The zero-order valence-electron chi connectivity index (χ0n) is 14.6. The number of benzene rings is 2. The molecule has 0 atom stereocenters. The second kappa shape index (κ2) is 8.78. The van der Waals surface area contributed by atoms with Crippen molar-refractivity contribution in [1.82, 2.24) is 4.98 Å². The third-order valence-corrected chi connectivity index (χ3v) is 4.42. The number of nitrogens with one attached hydrogen (secondary N) is 3. The molecule has 28 heavy (non-hydrogen) atoms. The largest absolute Gasteiger partial charge is 0.366 e. The van der Waals surface area contributed by atoms with E-state index in [1.807, 2.05) is 18.2 Å². The molecule has 2 aromatic carbocycles. The smallest absolute Gasteiger partial charge is 0.325 e. The van der Waals surface area contributed by atoms with Gasteiger partial charge in [-0.3, -0.25) is 14.9 Å². The molecule has 9 heteroatoms. The summed E-state index contributed by atoms with van der Waals surface area (Å²) in [6.07, 6.45) is -0.00835. The molecular formula is C19H17N5O3S. The van der Waals surface area contributed by atoms with Crippen LogP contribution in [0, 0.1) is 0 Å². The summed E-state index contributed by atoms with van der Waals surface area (Å²) in [5.41, 5.74) is 7.03. The first-order valence-electron chi connectivity index (χ1n) is 8.27. The number of rotatable bonds is 6. The van der Waals surface area contributed by atoms with Gasteiger partial charge in [0.1, 0.15) is 0 Å². The second-order valence-electron chi connectivity index (χ2n) is 5.72. The zero-order chi connectivity index (χ0) is 19.9. The topological polar surface area (TPSA) is 126 Å². The molecule has 5 N–H and O–H groups in total. The second-order valence-corrected chi connectivity index (χ2v) is 6.58. The average Bonchev–Trinajstić information content (AvgIpc) is 3.09. The number of thiazole rings is 1. The summed E-state index contributed by atoms with van der Waals surface area (Å²) < 4.78 is 0. The Bertz CT molecular complexity index is 1000. The van der Waals surface area contributed by atoms with Gasteiger partial charge in [0.05, 0.1) is 23.4 Å². The van der Waals surface area contributed by atoms with Crippen LogP contribution in [-0.2, 0) is 11.2 Å². The van der Waals surface area contributed by atoms with Gasteiger partial charge in [-0.1, -0.05) is 30.3 Å². The van der Waals surface area contributed by atoms with Crippen molar-refractivity contribution in [2.24, 2.45) is 5.73 Å². The number of urea groups is 1. The van der Waals surface area contributed by atoms with E-state index >= 15 is 0 Å². The lowest BCUT2D eigenvalue weighted by Gasteiger charge is -2.08. The standard InChI is InChI=1S/C19H17N5O3S/c20-17(26)14-8-4-5-9-15(14)23-16(25)10-13-11-28-19(22-13)24-18(27)21-12-6-2-1-3-7-12/h1-9,11H,10H2,(H2,20,26)(H,23,25)(H2,21,22,24,27). The first-order chi connectivity index (χ1) is 13.5. The Hall–Kier alpha value is -3.72. The van der Waals surface area contributed by atoms with Crippen LogP contribution in [0.3, 0.4) is 0 Å². The van der Waals surface area contributed by atoms with Gasteiger partial charge in [0.15, 0.2) is 5.13 Å². The molecule has 0 unspecified atom stereocenters. The van der Waals surface area contributed by atoms with Crippen LogP contribution in [0.1, 0.15) is 16.1 Å². The molecular weight excluding hydrogens is 378 g/mol. The first-order valence-corrected chi connectivity index (χ1v) is 9.15. The summed E-state index contributed by atoms with van der Waals surface area (Å²) >= 11 is 1.21. The molecule has 0 bridgehead atoms. The highest BCUT2D eigenvalue weighted by Gasteiger charge is 2.13. The number of aromatic nitrogens is 1. The maximum atomic E-state index is 12.2. The molecule has 0 radical (unpaired) electrons. The third-order valence-electron chi connectivity index (χ3n) is 3.61. The molecule has 0 saturated heterocycles. The summed E-state index contributed by atoms with van der Waals surface area (Å²) in [6.45, 7) is 0. The maximum absolute atomic E-state index is 12.2. The van der Waals surface area contributed by atoms with Crippen molar-refractivity contribution in [3.63, 3.8) is 0 Å². The number of carbonyl (C=O) groups is 3. The van der Waals surface area contributed by atoms with Crippen LogP contribution in [0.5, 0.6) is 0 Å². The van der Waals surface area contributed by atoms with E-state index in [0.717, 1.165) is 0 Å². The number of anilines is 3. The summed E-state index contributed by atoms with van der Waals surface area (Å²) in [7, 11) is 0. The molecule has 4 amide bonds. The number of para-hydroxylation sites is 2. The predicted molar refractivity (Wildman–Crippen MR) is 108 cm³/mol. The fraction of sp³-hybridized carbons (Fsp3) is 0.0526. The Morgan fingerprint density at radius 3 is 2.39 bits per heavy atom. The summed E-state index contributed by atoms with van der Waals surface area (Å²) in [4.78, 5) is 39.8. The molecule has 1 heterocycles. The molecule has 8 nitrogen and oxygen atoms in total. The highest BCUT2D eigenvalue weighted by atomic mass is 32.1. The van der Waals surface area contributed by atoms with Gasteiger partial charge in [-0.15, -0.1) is 11.3 Å². The van der Waals surface area contributed by atoms with Crippen LogP contribution < -0.4 is 21.7 Å². The van der Waals surface area contributed by atoms with Gasteiger partial charge in [0, 0.05) is 11.1 Å². The minimum Gasteiger partial charge on any atom is -0.366 e. The number of carbonyl (C=O) groups excluding carboxylic acids is 3. The molecule has 0 fully saturated rings. The van der Waals surface area contributed by atoms with Crippen molar-refractivity contribution in [2.45, 2.75) is 6.42 Å². The van der Waals surface area contributed by atoms with E-state index in [-0.39, 0.29) is 17.9 Å². The van der Waals surface area contributed by atoms with Gasteiger partial charge in [-0.05, 0) is 24.3 Å². The van der Waals surface area contributed by atoms with Crippen LogP contribution in [0.15, 0.2) is 60.0 Å². The monoisotopic (exact) mass is 395 g/mol. The predicted octanol–water partition coefficient (Wildman–Crippen LogP) is 3.07. The Morgan fingerprint density at radius 2 is 1.64 bits per heavy atom. The van der Waals surface area contributed by atoms with Crippen LogP contribution in [0.2, 0.25) is 0 Å². The normalized spacial score (nSPS) is 10.1. The molecule has 0 aliphatic heterocycles. The van der Waals surface area contributed by atoms with Gasteiger partial charge in [0.2, 0.25) is 5.91 Å². The molecule has 0 aliphatic rings. The van der Waals surface area contributed by atoms with Crippen molar-refractivity contribution >= 4 is 45.7 Å². The van der Waals surface area contributed by atoms with Crippen LogP contribution in [0.4, 0.5) is 21.3 Å². The van der Waals surface area contributed by atoms with Gasteiger partial charge in [0.25, 0.3) is 5.91 Å². The van der Waals surface area contributed by atoms with Gasteiger partial charge >= 0.3 is 6.03 Å². The SMILES string of the molecule is NC(=O)c1ccccc1NC(=O)Cc1csc(NC(=O)Nc2ccccc2)n1. The van der Waals surface area contributed by atoms with Crippen LogP contribution in [0.25, 0.3) is 0 Å². The fourth-order valence-corrected chi connectivity index (χ4v) is 3.10. The molecule has 142 valence electrons. The Labute approximate surface area is 164 Å². The lowest BCUT2D eigenvalue weighted by atomic mass is 10.1. The van der Waals surface area contributed by atoms with E-state index in [0.29, 0.717) is 22.2 Å². The van der Waals surface area contributed by atoms with Crippen molar-refractivity contribution in [2.75, 3.05) is 16.0 Å². The summed E-state index contributed by atoms with van der Waals surface area (Å²) in [5, 5.41) is 10.0. The molecule has 0 aliphatic carbocycles. The van der Waals surface area contributed by atoms with Gasteiger partial charge in [-0.25, -0.2) is 9.78 Å². The Kier molecular flexibility index (Phi) is 5.97. The Morgan fingerprint density at radius 1 is 0.929 bits per heavy atom. The number of hydrogen-bond donors (Lipinski definition) is 4. The minimum atomic E-state index is -0.625. The highest BCUT2D eigenvalue weighted by molar-refractivity contribution is 7.14. The summed E-state index contributed by atoms with van der Waals surface area (Å²) in [5.74, 6) is -0.972. The number of primary amides is 1. The van der Waals surface area contributed by atoms with Crippen molar-refractivity contribution in [3.05, 3.63) is 71.2 Å². The molecule has 3 rings (SSSR count). The van der Waals surface area contributed by atoms with E-state index in [1.165, 1.54) is 17.4 Å². The first kappa shape index (κ1) is 19.1. The Balaban J connectivity index is 1.56. The quantitative estimate of drug-likeness (QED) is 0.511. The van der Waals surface area contributed by atoms with Crippen molar-refractivity contribution < 1.29 is 14.4 Å². The van der Waals surface area contributed by atoms with Crippen LogP contribution in [-0.4, -0.2) is 22.8 Å². The number of nitrogens with zero attached hydrogens (tertiary/aromatic N) is 1. The van der Waals surface area contributed by atoms with E-state index in [4.69, 9.17) is 5.73 Å². The summed E-state index contributed by atoms with van der Waals surface area (Å²) in [6, 6.07) is 15.1. The van der Waals surface area contributed by atoms with E-state index in [2.05, 4.69) is 20.9 Å². The number of nitrogens with two attached hydrogens (primary N) is 1. The van der Waals surface area contributed by atoms with Crippen molar-refractivity contribution in [3.8, 4) is 0 Å². The lowest BCUT2D eigenvalue weighted by molar-refractivity contribution is -0.115. The van der Waals surface area contributed by atoms with E-state index < -0.39 is 11.9 Å². The average molecular weight is 395 g/mol. The molecule has 0 saturated carbocycles. The van der Waals surface area contributed by atoms with Gasteiger partial charge < -0.3 is 16.4 Å². The number of amides is 4. The third kappa shape index (κ3) is 5.15. The van der Waals surface area contributed by atoms with E-state index in [1.54, 1.807) is 35.7 Å². The van der Waals surface area contributed by atoms with Gasteiger partial charge in [-0.2, -0.15) is 0 Å². The minimum absolute atomic E-state index is 0.00835. The van der Waals surface area contributed by atoms with Crippen LogP contribution >= 0.6 is 11.3 Å². The van der Waals surface area contributed by atoms with E-state index in [9.17, 15) is 14.4 Å². The molecule has 0 spiro atoms.